The van der Waals surface area contributed by atoms with E-state index in [2.05, 4.69) is 11.9 Å². The van der Waals surface area contributed by atoms with Crippen molar-refractivity contribution in [2.75, 3.05) is 0 Å². The fourth-order valence-corrected chi connectivity index (χ4v) is 0.611. The Kier molecular flexibility index (Phi) is 2.02. The van der Waals surface area contributed by atoms with Gasteiger partial charge >= 0.3 is 0 Å². The molecule has 1 rings (SSSR count). The third-order valence-corrected chi connectivity index (χ3v) is 0.995. The number of hydrogen-bond acceptors (Lipinski definition) is 1. The number of aromatic nitrogens is 1. The van der Waals surface area contributed by atoms with E-state index in [1.54, 1.807) is 18.5 Å². The third-order valence-electron chi connectivity index (χ3n) is 0.995. The highest BCUT2D eigenvalue weighted by Crippen LogP contribution is 1.96. The molecule has 0 saturated heterocycles. The lowest BCUT2D eigenvalue weighted by Crippen LogP contribution is -1.71. The first kappa shape index (κ1) is 6.02. The Balaban J connectivity index is 2.85. The molecule has 0 bridgehead atoms. The van der Waals surface area contributed by atoms with E-state index in [-0.39, 0.29) is 0 Å². The van der Waals surface area contributed by atoms with Crippen molar-refractivity contribution in [1.82, 2.24) is 4.98 Å². The van der Waals surface area contributed by atoms with Crippen LogP contribution in [0.1, 0.15) is 5.56 Å². The Morgan fingerprint density at radius 3 is 3.00 bits per heavy atom. The molecule has 1 aromatic rings. The predicted octanol–water partition coefficient (Wildman–Crippen LogP) is 1.93. The molecule has 9 heavy (non-hydrogen) atoms. The van der Waals surface area contributed by atoms with E-state index < -0.39 is 0 Å². The van der Waals surface area contributed by atoms with Gasteiger partial charge in [0.05, 0.1) is 0 Å². The molecular weight excluding hydrogens is 110 g/mol. The van der Waals surface area contributed by atoms with Gasteiger partial charge in [-0.3, -0.25) is 4.98 Å². The van der Waals surface area contributed by atoms with Crippen LogP contribution >= 0.6 is 0 Å². The molecule has 1 radical (unpaired) electrons. The van der Waals surface area contributed by atoms with Crippen molar-refractivity contribution in [2.24, 2.45) is 0 Å². The molecule has 1 aromatic heterocycles. The molecule has 0 aliphatic carbocycles. The van der Waals surface area contributed by atoms with Crippen LogP contribution in [0.25, 0.3) is 6.08 Å². The van der Waals surface area contributed by atoms with Gasteiger partial charge in [0, 0.05) is 12.4 Å². The van der Waals surface area contributed by atoms with Crippen LogP contribution < -0.4 is 0 Å². The van der Waals surface area contributed by atoms with E-state index >= 15 is 0 Å². The molecule has 0 amide bonds. The zero-order chi connectivity index (χ0) is 6.53. The number of hydrogen-bond donors (Lipinski definition) is 0. The van der Waals surface area contributed by atoms with Gasteiger partial charge in [0.15, 0.2) is 0 Å². The Bertz CT molecular complexity index is 189. The maximum absolute atomic E-state index is 3.92. The van der Waals surface area contributed by atoms with Crippen LogP contribution in [-0.2, 0) is 0 Å². The van der Waals surface area contributed by atoms with Crippen LogP contribution in [0.2, 0.25) is 0 Å². The molecule has 0 aromatic carbocycles. The van der Waals surface area contributed by atoms with Gasteiger partial charge in [-0.2, -0.15) is 0 Å². The normalized spacial score (nSPS) is 10.3. The van der Waals surface area contributed by atoms with Crippen LogP contribution in [0.15, 0.2) is 30.6 Å². The van der Waals surface area contributed by atoms with E-state index in [0.717, 1.165) is 5.56 Å². The first-order valence-corrected chi connectivity index (χ1v) is 2.79. The van der Waals surface area contributed by atoms with Crippen LogP contribution in [0.5, 0.6) is 0 Å². The minimum Gasteiger partial charge on any atom is -0.264 e. The standard InChI is InChI=1S/C8H8N/c1-2-4-8-5-3-6-9-7-8/h2-7H,1H2/b4-2+. The van der Waals surface area contributed by atoms with Crippen molar-refractivity contribution >= 4 is 6.08 Å². The van der Waals surface area contributed by atoms with Crippen LogP contribution in [0, 0.1) is 6.92 Å². The van der Waals surface area contributed by atoms with E-state index in [9.17, 15) is 0 Å². The van der Waals surface area contributed by atoms with Crippen molar-refractivity contribution in [3.05, 3.63) is 43.1 Å². The second-order valence-electron chi connectivity index (χ2n) is 1.69. The summed E-state index contributed by atoms with van der Waals surface area (Å²) in [6.45, 7) is 3.57. The fraction of sp³-hybridized carbons (Fsp3) is 0. The van der Waals surface area contributed by atoms with Crippen molar-refractivity contribution in [2.45, 2.75) is 0 Å². The number of rotatable bonds is 1. The highest BCUT2D eigenvalue weighted by Gasteiger charge is 1.78. The van der Waals surface area contributed by atoms with Gasteiger partial charge in [-0.15, -0.1) is 0 Å². The second-order valence-corrected chi connectivity index (χ2v) is 1.69. The molecule has 0 atom stereocenters. The van der Waals surface area contributed by atoms with Crippen LogP contribution in [-0.4, -0.2) is 4.98 Å². The zero-order valence-electron chi connectivity index (χ0n) is 5.12. The highest BCUT2D eigenvalue weighted by atomic mass is 14.6. The molecule has 0 saturated carbocycles. The fourth-order valence-electron chi connectivity index (χ4n) is 0.611. The van der Waals surface area contributed by atoms with Crippen molar-refractivity contribution in [1.29, 1.82) is 0 Å². The molecular formula is C8H8N. The summed E-state index contributed by atoms with van der Waals surface area (Å²) in [5, 5.41) is 0. The van der Waals surface area contributed by atoms with E-state index in [0.29, 0.717) is 0 Å². The third kappa shape index (κ3) is 1.68. The summed E-state index contributed by atoms with van der Waals surface area (Å²) in [5.41, 5.74) is 1.09. The minimum absolute atomic E-state index is 1.09. The Morgan fingerprint density at radius 2 is 2.44 bits per heavy atom. The minimum atomic E-state index is 1.09. The first-order chi connectivity index (χ1) is 4.43. The molecule has 1 nitrogen and oxygen atoms in total. The molecule has 0 aliphatic rings. The van der Waals surface area contributed by atoms with Gasteiger partial charge in [-0.25, -0.2) is 0 Å². The average Bonchev–Trinajstić information content (AvgIpc) is 1.91. The monoisotopic (exact) mass is 118 g/mol. The molecule has 1 heterocycles. The van der Waals surface area contributed by atoms with E-state index in [1.165, 1.54) is 0 Å². The highest BCUT2D eigenvalue weighted by molar-refractivity contribution is 5.47. The summed E-state index contributed by atoms with van der Waals surface area (Å²) < 4.78 is 0. The lowest BCUT2D eigenvalue weighted by molar-refractivity contribution is 1.32. The summed E-state index contributed by atoms with van der Waals surface area (Å²) in [4.78, 5) is 3.92. The molecule has 45 valence electrons. The van der Waals surface area contributed by atoms with Gasteiger partial charge in [0.2, 0.25) is 0 Å². The number of nitrogens with zero attached hydrogens (tertiary/aromatic N) is 1. The van der Waals surface area contributed by atoms with Crippen molar-refractivity contribution in [3.63, 3.8) is 0 Å². The van der Waals surface area contributed by atoms with Gasteiger partial charge < -0.3 is 0 Å². The Labute approximate surface area is 55.1 Å². The van der Waals surface area contributed by atoms with Crippen LogP contribution in [0.3, 0.4) is 0 Å². The van der Waals surface area contributed by atoms with Crippen molar-refractivity contribution < 1.29 is 0 Å². The topological polar surface area (TPSA) is 12.9 Å². The molecule has 1 heteroatoms. The van der Waals surface area contributed by atoms with Gasteiger partial charge in [0.25, 0.3) is 0 Å². The summed E-state index contributed by atoms with van der Waals surface area (Å²) in [5.74, 6) is 0. The second kappa shape index (κ2) is 3.02. The number of allylic oxidation sites excluding steroid dienone is 1. The smallest absolute Gasteiger partial charge is 0.0340 e. The SMILES string of the molecule is [CH2]/C=C/c1cccnc1. The largest absolute Gasteiger partial charge is 0.264 e. The lowest BCUT2D eigenvalue weighted by Gasteiger charge is -1.86. The lowest BCUT2D eigenvalue weighted by atomic mass is 10.3. The summed E-state index contributed by atoms with van der Waals surface area (Å²) >= 11 is 0. The Hall–Kier alpha value is -1.11. The van der Waals surface area contributed by atoms with Gasteiger partial charge in [-0.1, -0.05) is 18.2 Å². The molecule has 0 spiro atoms. The summed E-state index contributed by atoms with van der Waals surface area (Å²) in [7, 11) is 0. The maximum Gasteiger partial charge on any atom is 0.0340 e. The molecule has 0 unspecified atom stereocenters. The summed E-state index contributed by atoms with van der Waals surface area (Å²) in [6.07, 6.45) is 7.20. The Morgan fingerprint density at radius 1 is 1.56 bits per heavy atom. The maximum atomic E-state index is 3.92. The van der Waals surface area contributed by atoms with Crippen LogP contribution in [0.4, 0.5) is 0 Å². The summed E-state index contributed by atoms with van der Waals surface area (Å²) in [6, 6.07) is 3.88. The molecule has 0 aliphatic heterocycles. The quantitative estimate of drug-likeness (QED) is 0.549. The van der Waals surface area contributed by atoms with E-state index in [1.807, 2.05) is 18.2 Å². The molecule has 0 N–H and O–H groups in total. The molecule has 0 fully saturated rings. The average molecular weight is 118 g/mol. The van der Waals surface area contributed by atoms with E-state index in [4.69, 9.17) is 0 Å². The van der Waals surface area contributed by atoms with Gasteiger partial charge in [-0.05, 0) is 18.6 Å². The van der Waals surface area contributed by atoms with Gasteiger partial charge in [0.1, 0.15) is 0 Å². The van der Waals surface area contributed by atoms with Crippen molar-refractivity contribution in [3.8, 4) is 0 Å². The predicted molar refractivity (Wildman–Crippen MR) is 38.6 cm³/mol. The first-order valence-electron chi connectivity index (χ1n) is 2.79. The number of pyridine rings is 1. The zero-order valence-corrected chi connectivity index (χ0v) is 5.12.